The van der Waals surface area contributed by atoms with Gasteiger partial charge in [-0.2, -0.15) is 0 Å². The van der Waals surface area contributed by atoms with Gasteiger partial charge < -0.3 is 33.7 Å². The van der Waals surface area contributed by atoms with Crippen LogP contribution in [0.5, 0.6) is 23.0 Å². The summed E-state index contributed by atoms with van der Waals surface area (Å²) < 4.78 is 33.7. The number of aromatic nitrogens is 2. The fourth-order valence-electron chi connectivity index (χ4n) is 4.21. The first-order valence-corrected chi connectivity index (χ1v) is 11.7. The van der Waals surface area contributed by atoms with Crippen molar-refractivity contribution in [1.29, 1.82) is 0 Å². The van der Waals surface area contributed by atoms with Crippen molar-refractivity contribution < 1.29 is 33.2 Å². The highest BCUT2D eigenvalue weighted by atomic mass is 16.7. The molecule has 1 fully saturated rings. The summed E-state index contributed by atoms with van der Waals surface area (Å²) in [6.07, 6.45) is 1.03. The van der Waals surface area contributed by atoms with Gasteiger partial charge in [0.1, 0.15) is 24.9 Å². The third-order valence-electron chi connectivity index (χ3n) is 5.89. The number of fused-ring (bicyclic) bond motifs is 2. The van der Waals surface area contributed by atoms with E-state index in [0.717, 1.165) is 24.2 Å². The van der Waals surface area contributed by atoms with Crippen molar-refractivity contribution in [2.24, 2.45) is 0 Å². The molecule has 1 N–H and O–H groups in total. The van der Waals surface area contributed by atoms with Gasteiger partial charge >= 0.3 is 5.97 Å². The summed E-state index contributed by atoms with van der Waals surface area (Å²) in [5, 5.41) is 4.05. The number of ether oxygens (including phenoxy) is 6. The predicted molar refractivity (Wildman–Crippen MR) is 130 cm³/mol. The second kappa shape index (κ2) is 10.8. The van der Waals surface area contributed by atoms with Crippen LogP contribution < -0.4 is 24.3 Å². The lowest BCUT2D eigenvalue weighted by atomic mass is 10.2. The second-order valence-electron chi connectivity index (χ2n) is 8.36. The van der Waals surface area contributed by atoms with Gasteiger partial charge in [-0.25, -0.2) is 9.97 Å². The largest absolute Gasteiger partial charge is 0.493 e. The summed E-state index contributed by atoms with van der Waals surface area (Å²) in [5.74, 6) is 2.53. The highest BCUT2D eigenvalue weighted by molar-refractivity contribution is 5.93. The molecule has 1 atom stereocenters. The number of rotatable bonds is 9. The van der Waals surface area contributed by atoms with Crippen molar-refractivity contribution in [1.82, 2.24) is 14.9 Å². The first-order valence-electron chi connectivity index (χ1n) is 11.7. The first-order chi connectivity index (χ1) is 17.6. The topological polar surface area (TPSA) is 114 Å². The zero-order valence-corrected chi connectivity index (χ0v) is 20.2. The van der Waals surface area contributed by atoms with Gasteiger partial charge in [-0.05, 0) is 18.2 Å². The Bertz CT molecular complexity index is 1230. The Morgan fingerprint density at radius 3 is 2.83 bits per heavy atom. The maximum absolute atomic E-state index is 11.7. The fraction of sp³-hybridized carbons (Fsp3) is 0.400. The fourth-order valence-corrected chi connectivity index (χ4v) is 4.21. The molecular formula is C25H28N4O7. The Labute approximate surface area is 208 Å². The van der Waals surface area contributed by atoms with Crippen LogP contribution >= 0.6 is 0 Å². The molecule has 0 amide bonds. The first kappa shape index (κ1) is 23.9. The number of benzene rings is 2. The number of nitrogens with one attached hydrogen (secondary N) is 1. The molecule has 0 bridgehead atoms. The van der Waals surface area contributed by atoms with Crippen LogP contribution in [0.15, 0.2) is 36.7 Å². The van der Waals surface area contributed by atoms with Gasteiger partial charge in [-0.3, -0.25) is 9.69 Å². The van der Waals surface area contributed by atoms with Gasteiger partial charge in [0.25, 0.3) is 0 Å². The van der Waals surface area contributed by atoms with E-state index in [0.29, 0.717) is 54.1 Å². The van der Waals surface area contributed by atoms with E-state index in [1.807, 2.05) is 24.3 Å². The van der Waals surface area contributed by atoms with E-state index in [1.54, 1.807) is 13.2 Å². The van der Waals surface area contributed by atoms with Crippen molar-refractivity contribution in [2.45, 2.75) is 13.0 Å². The van der Waals surface area contributed by atoms with Crippen molar-refractivity contribution in [3.8, 4) is 23.0 Å². The molecule has 190 valence electrons. The lowest BCUT2D eigenvalue weighted by molar-refractivity contribution is -0.149. The minimum Gasteiger partial charge on any atom is -0.493 e. The number of methoxy groups -OCH3 is 1. The van der Waals surface area contributed by atoms with E-state index in [-0.39, 0.29) is 19.4 Å². The number of anilines is 2. The van der Waals surface area contributed by atoms with Gasteiger partial charge in [0.2, 0.25) is 6.79 Å². The summed E-state index contributed by atoms with van der Waals surface area (Å²) >= 11 is 0. The Hall–Kier alpha value is -3.83. The molecule has 36 heavy (non-hydrogen) atoms. The summed E-state index contributed by atoms with van der Waals surface area (Å²) in [5.41, 5.74) is 1.39. The predicted octanol–water partition coefficient (Wildman–Crippen LogP) is 2.75. The second-order valence-corrected chi connectivity index (χ2v) is 8.36. The average molecular weight is 497 g/mol. The van der Waals surface area contributed by atoms with E-state index < -0.39 is 6.10 Å². The minimum absolute atomic E-state index is 0.169. The molecule has 2 aliphatic rings. The number of morpholine rings is 1. The van der Waals surface area contributed by atoms with Gasteiger partial charge in [-0.15, -0.1) is 0 Å². The van der Waals surface area contributed by atoms with Crippen LogP contribution in [-0.2, 0) is 14.3 Å². The molecule has 1 saturated heterocycles. The van der Waals surface area contributed by atoms with Gasteiger partial charge in [0.05, 0.1) is 31.5 Å². The van der Waals surface area contributed by atoms with E-state index in [9.17, 15) is 4.79 Å². The van der Waals surface area contributed by atoms with Crippen LogP contribution in [0.1, 0.15) is 6.92 Å². The van der Waals surface area contributed by atoms with Crippen molar-refractivity contribution in [3.63, 3.8) is 0 Å². The van der Waals surface area contributed by atoms with Crippen molar-refractivity contribution >= 4 is 28.4 Å². The van der Waals surface area contributed by atoms with E-state index >= 15 is 0 Å². The molecule has 11 heteroatoms. The quantitative estimate of drug-likeness (QED) is 0.441. The summed E-state index contributed by atoms with van der Waals surface area (Å²) in [4.78, 5) is 22.7. The molecule has 11 nitrogen and oxygen atoms in total. The summed E-state index contributed by atoms with van der Waals surface area (Å²) in [7, 11) is 1.57. The van der Waals surface area contributed by atoms with E-state index in [4.69, 9.17) is 28.4 Å². The monoisotopic (exact) mass is 496 g/mol. The molecular weight excluding hydrogens is 468 g/mol. The molecule has 0 radical (unpaired) electrons. The third-order valence-corrected chi connectivity index (χ3v) is 5.89. The van der Waals surface area contributed by atoms with Gasteiger partial charge in [-0.1, -0.05) is 6.07 Å². The normalized spacial score (nSPS) is 15.9. The minimum atomic E-state index is -0.439. The Balaban J connectivity index is 1.36. The van der Waals surface area contributed by atoms with Crippen LogP contribution in [0.4, 0.5) is 11.5 Å². The number of hydrogen-bond acceptors (Lipinski definition) is 11. The van der Waals surface area contributed by atoms with E-state index in [2.05, 4.69) is 20.2 Å². The number of para-hydroxylation sites is 1. The number of carbonyl (C=O) groups excluding carboxylic acids is 1. The SMILES string of the molecule is COc1cc2c(Nc3cccc4c3OCO4)ncnc2cc1OCC(CN1CCOCC1)OC(C)=O. The molecule has 0 spiro atoms. The number of carbonyl (C=O) groups is 1. The highest BCUT2D eigenvalue weighted by Gasteiger charge is 2.22. The van der Waals surface area contributed by atoms with Crippen molar-refractivity contribution in [2.75, 3.05) is 58.7 Å². The lowest BCUT2D eigenvalue weighted by Gasteiger charge is -2.30. The molecule has 1 unspecified atom stereocenters. The zero-order valence-electron chi connectivity index (χ0n) is 20.2. The molecule has 2 aromatic carbocycles. The molecule has 3 aromatic rings. The maximum atomic E-state index is 11.7. The van der Waals surface area contributed by atoms with Gasteiger partial charge in [0.15, 0.2) is 23.0 Å². The van der Waals surface area contributed by atoms with E-state index in [1.165, 1.54) is 13.3 Å². The molecule has 2 aliphatic heterocycles. The van der Waals surface area contributed by atoms with Gasteiger partial charge in [0, 0.05) is 38.0 Å². The standard InChI is InChI=1S/C25H28N4O7/c1-16(30)36-17(12-29-6-8-32-9-7-29)13-33-23-11-20-18(10-22(23)31-2)25(27-14-26-20)28-19-4-3-5-21-24(19)35-15-34-21/h3-5,10-11,14,17H,6-9,12-13,15H2,1-2H3,(H,26,27,28). The Morgan fingerprint density at radius 1 is 1.17 bits per heavy atom. The Morgan fingerprint density at radius 2 is 2.03 bits per heavy atom. The van der Waals surface area contributed by atoms with Crippen LogP contribution in [0.25, 0.3) is 10.9 Å². The van der Waals surface area contributed by atoms with Crippen LogP contribution in [-0.4, -0.2) is 80.3 Å². The molecule has 5 rings (SSSR count). The molecule has 3 heterocycles. The summed E-state index contributed by atoms with van der Waals surface area (Å²) in [6.45, 7) is 5.18. The Kier molecular flexibility index (Phi) is 7.19. The smallest absolute Gasteiger partial charge is 0.303 e. The number of nitrogens with zero attached hydrogens (tertiary/aromatic N) is 3. The lowest BCUT2D eigenvalue weighted by Crippen LogP contribution is -2.43. The highest BCUT2D eigenvalue weighted by Crippen LogP contribution is 2.41. The number of esters is 1. The maximum Gasteiger partial charge on any atom is 0.303 e. The third kappa shape index (κ3) is 5.37. The number of hydrogen-bond donors (Lipinski definition) is 1. The average Bonchev–Trinajstić information content (AvgIpc) is 3.37. The molecule has 0 aliphatic carbocycles. The summed E-state index contributed by atoms with van der Waals surface area (Å²) in [6, 6.07) is 9.22. The van der Waals surface area contributed by atoms with Crippen LogP contribution in [0.3, 0.4) is 0 Å². The van der Waals surface area contributed by atoms with Crippen molar-refractivity contribution in [3.05, 3.63) is 36.7 Å². The molecule has 1 aromatic heterocycles. The van der Waals surface area contributed by atoms with Crippen LogP contribution in [0, 0.1) is 0 Å². The van der Waals surface area contributed by atoms with Crippen LogP contribution in [0.2, 0.25) is 0 Å². The molecule has 0 saturated carbocycles. The zero-order chi connectivity index (χ0) is 24.9.